The molecule has 0 radical (unpaired) electrons. The first-order chi connectivity index (χ1) is 16.3. The number of amides is 1. The molecule has 0 fully saturated rings. The smallest absolute Gasteiger partial charge is 0.270 e. The van der Waals surface area contributed by atoms with Crippen LogP contribution in [0.4, 0.5) is 17.1 Å². The van der Waals surface area contributed by atoms with Crippen molar-refractivity contribution in [1.82, 2.24) is 9.78 Å². The molecule has 0 saturated carbocycles. The number of non-ortho nitro benzene ring substituents is 1. The molecule has 172 valence electrons. The van der Waals surface area contributed by atoms with E-state index in [4.69, 9.17) is 0 Å². The number of nitro groups is 1. The Labute approximate surface area is 195 Å². The molecule has 4 aromatic rings. The summed E-state index contributed by atoms with van der Waals surface area (Å²) in [6, 6.07) is 20.3. The van der Waals surface area contributed by atoms with Crippen LogP contribution in [0.25, 0.3) is 0 Å². The van der Waals surface area contributed by atoms with E-state index in [1.807, 2.05) is 30.3 Å². The van der Waals surface area contributed by atoms with E-state index >= 15 is 0 Å². The van der Waals surface area contributed by atoms with Gasteiger partial charge in [-0.3, -0.25) is 24.3 Å². The number of anilines is 2. The van der Waals surface area contributed by atoms with Crippen molar-refractivity contribution in [1.29, 1.82) is 0 Å². The minimum atomic E-state index is -4.04. The standard InChI is InChI=1S/C23H19N5O5S/c29-23(25-20-14-24-27(16-20)15-17-5-2-1-3-6-17)18-9-11-19(12-10-18)26-34(32,33)22-8-4-7-21(13-22)28(30)31/h1-14,16,26H,15H2,(H,25,29). The van der Waals surface area contributed by atoms with Crippen molar-refractivity contribution in [3.8, 4) is 0 Å². The second-order valence-electron chi connectivity index (χ2n) is 7.30. The van der Waals surface area contributed by atoms with Gasteiger partial charge in [-0.2, -0.15) is 5.10 Å². The fourth-order valence-electron chi connectivity index (χ4n) is 3.16. The SMILES string of the molecule is O=C(Nc1cnn(Cc2ccccc2)c1)c1ccc(NS(=O)(=O)c2cccc([N+](=O)[O-])c2)cc1. The van der Waals surface area contributed by atoms with Crippen LogP contribution in [-0.4, -0.2) is 29.0 Å². The topological polar surface area (TPSA) is 136 Å². The molecule has 1 heterocycles. The zero-order valence-corrected chi connectivity index (χ0v) is 18.5. The van der Waals surface area contributed by atoms with Gasteiger partial charge >= 0.3 is 0 Å². The Morgan fingerprint density at radius 1 is 0.971 bits per heavy atom. The van der Waals surface area contributed by atoms with E-state index in [9.17, 15) is 23.3 Å². The maximum Gasteiger partial charge on any atom is 0.270 e. The first kappa shape index (κ1) is 22.7. The zero-order chi connectivity index (χ0) is 24.1. The molecule has 4 rings (SSSR count). The van der Waals surface area contributed by atoms with Crippen LogP contribution in [0, 0.1) is 10.1 Å². The molecule has 0 aliphatic carbocycles. The maximum absolute atomic E-state index is 12.6. The summed E-state index contributed by atoms with van der Waals surface area (Å²) in [5.74, 6) is -0.382. The number of hydrogen-bond donors (Lipinski definition) is 2. The van der Waals surface area contributed by atoms with Crippen molar-refractivity contribution in [2.75, 3.05) is 10.0 Å². The fraction of sp³-hybridized carbons (Fsp3) is 0.0435. The predicted molar refractivity (Wildman–Crippen MR) is 126 cm³/mol. The van der Waals surface area contributed by atoms with Gasteiger partial charge in [-0.25, -0.2) is 8.42 Å². The van der Waals surface area contributed by atoms with E-state index in [1.54, 1.807) is 17.1 Å². The van der Waals surface area contributed by atoms with E-state index < -0.39 is 14.9 Å². The van der Waals surface area contributed by atoms with Gasteiger partial charge in [0.15, 0.2) is 0 Å². The van der Waals surface area contributed by atoms with Gasteiger partial charge < -0.3 is 5.32 Å². The van der Waals surface area contributed by atoms with Gasteiger partial charge in [0.25, 0.3) is 21.6 Å². The lowest BCUT2D eigenvalue weighted by Crippen LogP contribution is -2.14. The first-order valence-corrected chi connectivity index (χ1v) is 11.5. The lowest BCUT2D eigenvalue weighted by Gasteiger charge is -2.09. The van der Waals surface area contributed by atoms with Crippen molar-refractivity contribution in [2.45, 2.75) is 11.4 Å². The Hall–Kier alpha value is -4.51. The van der Waals surface area contributed by atoms with Crippen LogP contribution in [0.5, 0.6) is 0 Å². The monoisotopic (exact) mass is 477 g/mol. The molecule has 0 spiro atoms. The first-order valence-electron chi connectivity index (χ1n) is 10.1. The Kier molecular flexibility index (Phi) is 6.37. The normalized spacial score (nSPS) is 11.1. The average Bonchev–Trinajstić information content (AvgIpc) is 3.26. The number of hydrogen-bond acceptors (Lipinski definition) is 6. The van der Waals surface area contributed by atoms with Crippen LogP contribution in [0.15, 0.2) is 96.2 Å². The lowest BCUT2D eigenvalue weighted by atomic mass is 10.2. The van der Waals surface area contributed by atoms with Gasteiger partial charge in [-0.15, -0.1) is 0 Å². The quantitative estimate of drug-likeness (QED) is 0.292. The fourth-order valence-corrected chi connectivity index (χ4v) is 4.25. The molecule has 11 heteroatoms. The highest BCUT2D eigenvalue weighted by Crippen LogP contribution is 2.21. The third-order valence-corrected chi connectivity index (χ3v) is 6.20. The van der Waals surface area contributed by atoms with Crippen molar-refractivity contribution in [3.05, 3.63) is 112 Å². The van der Waals surface area contributed by atoms with Crippen LogP contribution in [0.2, 0.25) is 0 Å². The van der Waals surface area contributed by atoms with E-state index in [2.05, 4.69) is 15.1 Å². The third kappa shape index (κ3) is 5.45. The van der Waals surface area contributed by atoms with Crippen molar-refractivity contribution in [2.24, 2.45) is 0 Å². The molecule has 1 aromatic heterocycles. The number of nitrogens with one attached hydrogen (secondary N) is 2. The van der Waals surface area contributed by atoms with Gasteiger partial charge in [-0.1, -0.05) is 36.4 Å². The molecule has 3 aromatic carbocycles. The molecule has 10 nitrogen and oxygen atoms in total. The number of nitrogens with zero attached hydrogens (tertiary/aromatic N) is 3. The Balaban J connectivity index is 1.40. The van der Waals surface area contributed by atoms with E-state index in [1.165, 1.54) is 42.5 Å². The number of carbonyl (C=O) groups is 1. The summed E-state index contributed by atoms with van der Waals surface area (Å²) >= 11 is 0. The number of sulfonamides is 1. The molecule has 0 atom stereocenters. The van der Waals surface area contributed by atoms with Gasteiger partial charge in [0, 0.05) is 29.6 Å². The summed E-state index contributed by atoms with van der Waals surface area (Å²) in [7, 11) is -4.04. The van der Waals surface area contributed by atoms with Gasteiger partial charge in [0.1, 0.15) is 0 Å². The second kappa shape index (κ2) is 9.55. The number of nitro benzene ring substituents is 1. The minimum absolute atomic E-state index is 0.207. The summed E-state index contributed by atoms with van der Waals surface area (Å²) in [4.78, 5) is 22.5. The molecule has 1 amide bonds. The van der Waals surface area contributed by atoms with Crippen LogP contribution >= 0.6 is 0 Å². The van der Waals surface area contributed by atoms with Crippen molar-refractivity contribution in [3.63, 3.8) is 0 Å². The number of benzene rings is 3. The largest absolute Gasteiger partial charge is 0.319 e. The summed E-state index contributed by atoms with van der Waals surface area (Å²) in [5.41, 5.74) is 1.79. The predicted octanol–water partition coefficient (Wildman–Crippen LogP) is 3.89. The Morgan fingerprint density at radius 2 is 1.71 bits per heavy atom. The molecule has 0 unspecified atom stereocenters. The average molecular weight is 478 g/mol. The van der Waals surface area contributed by atoms with Crippen LogP contribution < -0.4 is 10.0 Å². The van der Waals surface area contributed by atoms with Crippen LogP contribution in [0.3, 0.4) is 0 Å². The van der Waals surface area contributed by atoms with Gasteiger partial charge in [-0.05, 0) is 35.9 Å². The highest BCUT2D eigenvalue weighted by Gasteiger charge is 2.18. The molecule has 0 saturated heterocycles. The van der Waals surface area contributed by atoms with Gasteiger partial charge in [0.2, 0.25) is 0 Å². The van der Waals surface area contributed by atoms with E-state index in [-0.39, 0.29) is 22.2 Å². The summed E-state index contributed by atoms with van der Waals surface area (Å²) in [5, 5.41) is 17.9. The van der Waals surface area contributed by atoms with Crippen molar-refractivity contribution >= 4 is 33.0 Å². The summed E-state index contributed by atoms with van der Waals surface area (Å²) in [6.45, 7) is 0.566. The number of rotatable bonds is 8. The summed E-state index contributed by atoms with van der Waals surface area (Å²) in [6.07, 6.45) is 3.26. The molecule has 34 heavy (non-hydrogen) atoms. The van der Waals surface area contributed by atoms with E-state index in [0.717, 1.165) is 11.6 Å². The number of carbonyl (C=O) groups excluding carboxylic acids is 1. The van der Waals surface area contributed by atoms with Crippen LogP contribution in [0.1, 0.15) is 15.9 Å². The van der Waals surface area contributed by atoms with E-state index in [0.29, 0.717) is 17.8 Å². The summed E-state index contributed by atoms with van der Waals surface area (Å²) < 4.78 is 29.1. The Bertz CT molecular complexity index is 1430. The highest BCUT2D eigenvalue weighted by molar-refractivity contribution is 7.92. The highest BCUT2D eigenvalue weighted by atomic mass is 32.2. The van der Waals surface area contributed by atoms with Gasteiger partial charge in [0.05, 0.1) is 28.2 Å². The molecule has 2 N–H and O–H groups in total. The molecular weight excluding hydrogens is 458 g/mol. The lowest BCUT2D eigenvalue weighted by molar-refractivity contribution is -0.385. The van der Waals surface area contributed by atoms with Crippen molar-refractivity contribution < 1.29 is 18.1 Å². The maximum atomic E-state index is 12.6. The molecule has 0 aliphatic rings. The number of aromatic nitrogens is 2. The molecule has 0 aliphatic heterocycles. The zero-order valence-electron chi connectivity index (χ0n) is 17.7. The second-order valence-corrected chi connectivity index (χ2v) is 8.99. The molecular formula is C23H19N5O5S. The van der Waals surface area contributed by atoms with Crippen LogP contribution in [-0.2, 0) is 16.6 Å². The Morgan fingerprint density at radius 3 is 2.41 bits per heavy atom. The molecule has 0 bridgehead atoms. The third-order valence-electron chi connectivity index (χ3n) is 4.82. The minimum Gasteiger partial charge on any atom is -0.319 e.